The smallest absolute Gasteiger partial charge is 0.214 e. The molecule has 1 aliphatic carbocycles. The van der Waals surface area contributed by atoms with Gasteiger partial charge in [-0.1, -0.05) is 19.1 Å². The summed E-state index contributed by atoms with van der Waals surface area (Å²) in [4.78, 5) is 1.09. The lowest BCUT2D eigenvalue weighted by molar-refractivity contribution is 0.173. The molecule has 0 saturated heterocycles. The molecule has 0 unspecified atom stereocenters. The molecule has 1 aromatic heterocycles. The Labute approximate surface area is 116 Å². The average molecular weight is 276 g/mol. The summed E-state index contributed by atoms with van der Waals surface area (Å²) in [6, 6.07) is 8.41. The van der Waals surface area contributed by atoms with E-state index in [1.807, 2.05) is 35.9 Å². The first-order valence-corrected chi connectivity index (χ1v) is 7.33. The van der Waals surface area contributed by atoms with E-state index in [1.165, 1.54) is 12.8 Å². The van der Waals surface area contributed by atoms with E-state index >= 15 is 0 Å². The summed E-state index contributed by atoms with van der Waals surface area (Å²) in [5.74, 6) is 0. The van der Waals surface area contributed by atoms with E-state index < -0.39 is 0 Å². The summed E-state index contributed by atoms with van der Waals surface area (Å²) >= 11 is 1.56. The van der Waals surface area contributed by atoms with Crippen LogP contribution in [0.1, 0.15) is 43.9 Å². The van der Waals surface area contributed by atoms with E-state index in [2.05, 4.69) is 15.5 Å². The summed E-state index contributed by atoms with van der Waals surface area (Å²) in [6.07, 6.45) is 2.68. The van der Waals surface area contributed by atoms with Gasteiger partial charge in [0.1, 0.15) is 0 Å². The maximum atomic E-state index is 9.76. The van der Waals surface area contributed by atoms with Crippen molar-refractivity contribution in [2.75, 3.05) is 0 Å². The summed E-state index contributed by atoms with van der Waals surface area (Å²) in [6.45, 7) is 1.97. The minimum Gasteiger partial charge on any atom is -0.388 e. The molecular weight excluding hydrogens is 260 g/mol. The van der Waals surface area contributed by atoms with Crippen molar-refractivity contribution in [3.63, 3.8) is 0 Å². The molecule has 0 amide bonds. The highest BCUT2D eigenvalue weighted by atomic mass is 32.2. The molecule has 1 fully saturated rings. The summed E-state index contributed by atoms with van der Waals surface area (Å²) in [7, 11) is 0. The molecule has 6 heteroatoms. The van der Waals surface area contributed by atoms with Gasteiger partial charge in [-0.15, -0.1) is 5.10 Å². The fourth-order valence-electron chi connectivity index (χ4n) is 1.90. The zero-order valence-electron chi connectivity index (χ0n) is 10.7. The second-order valence-electron chi connectivity index (χ2n) is 4.73. The first-order valence-electron chi connectivity index (χ1n) is 6.51. The molecule has 1 N–H and O–H groups in total. The van der Waals surface area contributed by atoms with Gasteiger partial charge in [0.05, 0.1) is 12.1 Å². The van der Waals surface area contributed by atoms with Gasteiger partial charge in [0.25, 0.3) is 0 Å². The minimum atomic E-state index is -0.379. The monoisotopic (exact) mass is 276 g/mol. The fourth-order valence-corrected chi connectivity index (χ4v) is 2.74. The standard InChI is InChI=1S/C13H16N4OS/c1-2-12(18)9-3-7-11(8-4-9)19-13-14-15-16-17(13)10-5-6-10/h3-4,7-8,10,12,18H,2,5-6H2,1H3/t12-/m0/s1. The summed E-state index contributed by atoms with van der Waals surface area (Å²) in [5, 5.41) is 22.4. The highest BCUT2D eigenvalue weighted by Gasteiger charge is 2.28. The van der Waals surface area contributed by atoms with Crippen molar-refractivity contribution in [1.29, 1.82) is 0 Å². The van der Waals surface area contributed by atoms with Crippen LogP contribution in [0.4, 0.5) is 0 Å². The van der Waals surface area contributed by atoms with E-state index in [4.69, 9.17) is 0 Å². The van der Waals surface area contributed by atoms with Crippen LogP contribution in [0, 0.1) is 0 Å². The molecule has 0 bridgehead atoms. The number of hydrogen-bond donors (Lipinski definition) is 1. The molecule has 5 nitrogen and oxygen atoms in total. The predicted octanol–water partition coefficient (Wildman–Crippen LogP) is 2.60. The van der Waals surface area contributed by atoms with Crippen LogP contribution in [0.5, 0.6) is 0 Å². The van der Waals surface area contributed by atoms with Gasteiger partial charge in [-0.2, -0.15) is 0 Å². The second kappa shape index (κ2) is 5.30. The Balaban J connectivity index is 1.74. The fraction of sp³-hybridized carbons (Fsp3) is 0.462. The van der Waals surface area contributed by atoms with Crippen LogP contribution in [0.15, 0.2) is 34.3 Å². The van der Waals surface area contributed by atoms with Crippen molar-refractivity contribution >= 4 is 11.8 Å². The van der Waals surface area contributed by atoms with Crippen LogP contribution in [0.2, 0.25) is 0 Å². The van der Waals surface area contributed by atoms with Crippen LogP contribution >= 0.6 is 11.8 Å². The third-order valence-corrected chi connectivity index (χ3v) is 4.18. The van der Waals surface area contributed by atoms with Crippen LogP contribution < -0.4 is 0 Å². The Bertz CT molecular complexity index is 550. The normalized spacial score (nSPS) is 16.5. The molecule has 1 aromatic carbocycles. The molecule has 1 atom stereocenters. The van der Waals surface area contributed by atoms with Crippen molar-refractivity contribution in [1.82, 2.24) is 20.2 Å². The number of benzene rings is 1. The number of aromatic nitrogens is 4. The molecule has 1 saturated carbocycles. The molecule has 2 aromatic rings. The maximum absolute atomic E-state index is 9.76. The quantitative estimate of drug-likeness (QED) is 0.909. The lowest BCUT2D eigenvalue weighted by Crippen LogP contribution is -1.98. The highest BCUT2D eigenvalue weighted by molar-refractivity contribution is 7.99. The number of nitrogens with zero attached hydrogens (tertiary/aromatic N) is 4. The topological polar surface area (TPSA) is 63.8 Å². The molecule has 19 heavy (non-hydrogen) atoms. The summed E-state index contributed by atoms with van der Waals surface area (Å²) in [5.41, 5.74) is 0.952. The zero-order valence-corrected chi connectivity index (χ0v) is 11.5. The van der Waals surface area contributed by atoms with Gasteiger partial charge in [0.2, 0.25) is 5.16 Å². The van der Waals surface area contributed by atoms with Gasteiger partial charge >= 0.3 is 0 Å². The van der Waals surface area contributed by atoms with Gasteiger partial charge < -0.3 is 5.11 Å². The van der Waals surface area contributed by atoms with Crippen molar-refractivity contribution in [2.45, 2.75) is 48.4 Å². The van der Waals surface area contributed by atoms with Crippen molar-refractivity contribution in [3.8, 4) is 0 Å². The average Bonchev–Trinajstić information content (AvgIpc) is 3.19. The number of tetrazole rings is 1. The van der Waals surface area contributed by atoms with E-state index in [-0.39, 0.29) is 6.10 Å². The largest absolute Gasteiger partial charge is 0.388 e. The van der Waals surface area contributed by atoms with Gasteiger partial charge in [-0.25, -0.2) is 4.68 Å². The third-order valence-electron chi connectivity index (χ3n) is 3.22. The Hall–Kier alpha value is -1.40. The Morgan fingerprint density at radius 3 is 2.74 bits per heavy atom. The van der Waals surface area contributed by atoms with E-state index in [0.717, 1.165) is 22.0 Å². The summed E-state index contributed by atoms with van der Waals surface area (Å²) < 4.78 is 1.90. The number of rotatable bonds is 5. The van der Waals surface area contributed by atoms with E-state index in [0.29, 0.717) is 6.04 Å². The van der Waals surface area contributed by atoms with Crippen molar-refractivity contribution in [2.24, 2.45) is 0 Å². The van der Waals surface area contributed by atoms with Gasteiger partial charge in [-0.3, -0.25) is 0 Å². The molecule has 3 rings (SSSR count). The molecule has 1 aliphatic rings. The van der Waals surface area contributed by atoms with Crippen LogP contribution in [0.3, 0.4) is 0 Å². The molecule has 1 heterocycles. The number of aliphatic hydroxyl groups is 1. The van der Waals surface area contributed by atoms with Gasteiger partial charge in [0.15, 0.2) is 0 Å². The van der Waals surface area contributed by atoms with Crippen LogP contribution in [0.25, 0.3) is 0 Å². The Kier molecular flexibility index (Phi) is 3.52. The van der Waals surface area contributed by atoms with E-state index in [9.17, 15) is 5.11 Å². The Morgan fingerprint density at radius 2 is 2.11 bits per heavy atom. The van der Waals surface area contributed by atoms with E-state index in [1.54, 1.807) is 11.8 Å². The first kappa shape index (κ1) is 12.6. The second-order valence-corrected chi connectivity index (χ2v) is 5.77. The van der Waals surface area contributed by atoms with Gasteiger partial charge in [0, 0.05) is 4.90 Å². The van der Waals surface area contributed by atoms with Crippen molar-refractivity contribution in [3.05, 3.63) is 29.8 Å². The van der Waals surface area contributed by atoms with Crippen molar-refractivity contribution < 1.29 is 5.11 Å². The highest BCUT2D eigenvalue weighted by Crippen LogP contribution is 2.38. The predicted molar refractivity (Wildman–Crippen MR) is 71.9 cm³/mol. The van der Waals surface area contributed by atoms with Crippen LogP contribution in [-0.2, 0) is 0 Å². The number of hydrogen-bond acceptors (Lipinski definition) is 5. The minimum absolute atomic E-state index is 0.379. The molecule has 0 spiro atoms. The molecule has 0 radical (unpaired) electrons. The molecular formula is C13H16N4OS. The lowest BCUT2D eigenvalue weighted by Gasteiger charge is -2.08. The lowest BCUT2D eigenvalue weighted by atomic mass is 10.1. The zero-order chi connectivity index (χ0) is 13.2. The van der Waals surface area contributed by atoms with Crippen LogP contribution in [-0.4, -0.2) is 25.3 Å². The van der Waals surface area contributed by atoms with Gasteiger partial charge in [-0.05, 0) is 59.1 Å². The molecule has 0 aliphatic heterocycles. The maximum Gasteiger partial charge on any atom is 0.214 e. The first-order chi connectivity index (χ1) is 9.28. The molecule has 100 valence electrons. The number of aliphatic hydroxyl groups excluding tert-OH is 1. The SMILES string of the molecule is CC[C@H](O)c1ccc(Sc2nnnn2C2CC2)cc1. The third kappa shape index (κ3) is 2.79. The Morgan fingerprint density at radius 1 is 1.37 bits per heavy atom.